The van der Waals surface area contributed by atoms with Crippen molar-refractivity contribution in [2.75, 3.05) is 28.2 Å². The average Bonchev–Trinajstić information content (AvgIpc) is 2.18. The Morgan fingerprint density at radius 3 is 2.00 bits per heavy atom. The number of nitrogens with zero attached hydrogens (tertiary/aromatic N) is 3. The Morgan fingerprint density at radius 1 is 1.00 bits per heavy atom. The summed E-state index contributed by atoms with van der Waals surface area (Å²) in [6.45, 7) is 0. The predicted octanol–water partition coefficient (Wildman–Crippen LogP) is 3.10. The smallest absolute Gasteiger partial charge is 0.200 e. The number of hydrogen-bond donors (Lipinski definition) is 0. The van der Waals surface area contributed by atoms with Gasteiger partial charge in [0.2, 0.25) is 5.96 Å². The molecule has 0 bridgehead atoms. The highest BCUT2D eigenvalue weighted by Crippen LogP contribution is 2.26. The van der Waals surface area contributed by atoms with Crippen molar-refractivity contribution in [2.24, 2.45) is 4.99 Å². The van der Waals surface area contributed by atoms with E-state index < -0.39 is 0 Å². The minimum absolute atomic E-state index is 0.514. The van der Waals surface area contributed by atoms with Crippen LogP contribution in [-0.2, 0) is 0 Å². The zero-order valence-corrected chi connectivity index (χ0v) is 11.3. The molecule has 0 atom stereocenters. The Bertz CT molecular complexity index is 390. The molecule has 0 radical (unpaired) electrons. The molecule has 0 amide bonds. The summed E-state index contributed by atoms with van der Waals surface area (Å²) in [5.41, 5.74) is 0.784. The van der Waals surface area contributed by atoms with Crippen LogP contribution in [0.15, 0.2) is 23.2 Å². The molecular formula is C11H15Cl2N3. The number of aliphatic imine (C=N–C) groups is 1. The Hall–Kier alpha value is -0.930. The van der Waals surface area contributed by atoms with Gasteiger partial charge in [-0.05, 0) is 18.2 Å². The molecule has 0 unspecified atom stereocenters. The Morgan fingerprint density at radius 2 is 1.56 bits per heavy atom. The van der Waals surface area contributed by atoms with Crippen LogP contribution in [0.5, 0.6) is 0 Å². The predicted molar refractivity (Wildman–Crippen MR) is 70.9 cm³/mol. The van der Waals surface area contributed by atoms with Crippen LogP contribution in [-0.4, -0.2) is 44.0 Å². The minimum atomic E-state index is 0.514. The molecular weight excluding hydrogens is 245 g/mol. The second-order valence-corrected chi connectivity index (χ2v) is 4.61. The van der Waals surface area contributed by atoms with Crippen molar-refractivity contribution < 1.29 is 0 Å². The van der Waals surface area contributed by atoms with Crippen molar-refractivity contribution in [2.45, 2.75) is 0 Å². The quantitative estimate of drug-likeness (QED) is 0.570. The molecule has 0 spiro atoms. The third kappa shape index (κ3) is 3.29. The zero-order valence-electron chi connectivity index (χ0n) is 9.83. The first-order chi connectivity index (χ1) is 7.41. The van der Waals surface area contributed by atoms with E-state index in [1.807, 2.05) is 44.1 Å². The van der Waals surface area contributed by atoms with E-state index in [2.05, 4.69) is 4.99 Å². The molecule has 0 aliphatic heterocycles. The van der Waals surface area contributed by atoms with Crippen molar-refractivity contribution in [3.05, 3.63) is 28.2 Å². The van der Waals surface area contributed by atoms with Crippen LogP contribution in [0.3, 0.4) is 0 Å². The standard InChI is InChI=1S/C11H15Cl2N3/c1-15(2)11(16(3)4)14-8-5-6-9(12)10(13)7-8/h5-7H,1-4H3. The molecule has 1 aromatic carbocycles. The largest absolute Gasteiger partial charge is 0.349 e. The summed E-state index contributed by atoms with van der Waals surface area (Å²) in [5.74, 6) is 0.846. The van der Waals surface area contributed by atoms with Gasteiger partial charge in [0.05, 0.1) is 15.7 Å². The molecule has 0 heterocycles. The normalized spacial score (nSPS) is 9.88. The molecule has 0 aromatic heterocycles. The number of benzene rings is 1. The first kappa shape index (κ1) is 13.1. The minimum Gasteiger partial charge on any atom is -0.349 e. The van der Waals surface area contributed by atoms with Gasteiger partial charge >= 0.3 is 0 Å². The third-order valence-electron chi connectivity index (χ3n) is 1.93. The molecule has 16 heavy (non-hydrogen) atoms. The summed E-state index contributed by atoms with van der Waals surface area (Å²) in [6.07, 6.45) is 0. The van der Waals surface area contributed by atoms with E-state index in [9.17, 15) is 0 Å². The topological polar surface area (TPSA) is 18.8 Å². The number of rotatable bonds is 1. The Kier molecular flexibility index (Phi) is 4.44. The van der Waals surface area contributed by atoms with Gasteiger partial charge in [0.25, 0.3) is 0 Å². The van der Waals surface area contributed by atoms with Gasteiger partial charge in [0.15, 0.2) is 0 Å². The fourth-order valence-electron chi connectivity index (χ4n) is 1.27. The molecule has 5 heteroatoms. The maximum atomic E-state index is 5.93. The van der Waals surface area contributed by atoms with E-state index in [1.165, 1.54) is 0 Å². The lowest BCUT2D eigenvalue weighted by Gasteiger charge is -2.22. The molecule has 88 valence electrons. The summed E-state index contributed by atoms with van der Waals surface area (Å²) >= 11 is 11.8. The van der Waals surface area contributed by atoms with Gasteiger partial charge in [-0.1, -0.05) is 23.2 Å². The van der Waals surface area contributed by atoms with E-state index in [-0.39, 0.29) is 0 Å². The third-order valence-corrected chi connectivity index (χ3v) is 2.67. The maximum Gasteiger partial charge on any atom is 0.200 e. The monoisotopic (exact) mass is 259 g/mol. The van der Waals surface area contributed by atoms with Crippen LogP contribution in [0.4, 0.5) is 5.69 Å². The van der Waals surface area contributed by atoms with E-state index in [1.54, 1.807) is 12.1 Å². The van der Waals surface area contributed by atoms with Gasteiger partial charge in [0, 0.05) is 28.2 Å². The molecule has 0 N–H and O–H groups in total. The molecule has 1 rings (SSSR count). The molecule has 0 saturated heterocycles. The molecule has 3 nitrogen and oxygen atoms in total. The maximum absolute atomic E-state index is 5.93. The highest BCUT2D eigenvalue weighted by molar-refractivity contribution is 6.42. The second kappa shape index (κ2) is 5.41. The van der Waals surface area contributed by atoms with Gasteiger partial charge in [-0.2, -0.15) is 0 Å². The van der Waals surface area contributed by atoms with Crippen molar-refractivity contribution >= 4 is 34.8 Å². The fraction of sp³-hybridized carbons (Fsp3) is 0.364. The van der Waals surface area contributed by atoms with Gasteiger partial charge in [0.1, 0.15) is 0 Å². The first-order valence-corrected chi connectivity index (χ1v) is 5.56. The number of hydrogen-bond acceptors (Lipinski definition) is 1. The number of guanidine groups is 1. The zero-order chi connectivity index (χ0) is 12.3. The van der Waals surface area contributed by atoms with Crippen LogP contribution in [0.25, 0.3) is 0 Å². The summed E-state index contributed by atoms with van der Waals surface area (Å²) in [4.78, 5) is 8.35. The molecule has 0 aliphatic rings. The summed E-state index contributed by atoms with van der Waals surface area (Å²) in [6, 6.07) is 5.32. The summed E-state index contributed by atoms with van der Waals surface area (Å²) in [7, 11) is 7.76. The SMILES string of the molecule is CN(C)C(=Nc1ccc(Cl)c(Cl)c1)N(C)C. The van der Waals surface area contributed by atoms with Gasteiger partial charge in [-0.15, -0.1) is 0 Å². The lowest BCUT2D eigenvalue weighted by molar-refractivity contribution is 0.484. The Balaban J connectivity index is 3.08. The Labute approximate surface area is 106 Å². The van der Waals surface area contributed by atoms with Crippen LogP contribution in [0.1, 0.15) is 0 Å². The highest BCUT2D eigenvalue weighted by atomic mass is 35.5. The van der Waals surface area contributed by atoms with E-state index in [4.69, 9.17) is 23.2 Å². The fourth-order valence-corrected chi connectivity index (χ4v) is 1.56. The van der Waals surface area contributed by atoms with Crippen LogP contribution >= 0.6 is 23.2 Å². The first-order valence-electron chi connectivity index (χ1n) is 4.80. The van der Waals surface area contributed by atoms with Crippen LogP contribution in [0, 0.1) is 0 Å². The second-order valence-electron chi connectivity index (χ2n) is 3.80. The van der Waals surface area contributed by atoms with Crippen molar-refractivity contribution in [3.8, 4) is 0 Å². The van der Waals surface area contributed by atoms with Gasteiger partial charge < -0.3 is 9.80 Å². The summed E-state index contributed by atoms with van der Waals surface area (Å²) < 4.78 is 0. The number of halogens is 2. The molecule has 0 fully saturated rings. The van der Waals surface area contributed by atoms with E-state index >= 15 is 0 Å². The molecule has 0 saturated carbocycles. The highest BCUT2D eigenvalue weighted by Gasteiger charge is 2.05. The van der Waals surface area contributed by atoms with Gasteiger partial charge in [-0.25, -0.2) is 4.99 Å². The van der Waals surface area contributed by atoms with Crippen LogP contribution in [0.2, 0.25) is 10.0 Å². The molecule has 0 aliphatic carbocycles. The molecule has 1 aromatic rings. The average molecular weight is 260 g/mol. The summed E-state index contributed by atoms with van der Waals surface area (Å²) in [5, 5.41) is 1.05. The van der Waals surface area contributed by atoms with E-state index in [0.29, 0.717) is 10.0 Å². The van der Waals surface area contributed by atoms with Crippen LogP contribution < -0.4 is 0 Å². The van der Waals surface area contributed by atoms with Gasteiger partial charge in [-0.3, -0.25) is 0 Å². The van der Waals surface area contributed by atoms with E-state index in [0.717, 1.165) is 11.6 Å². The lowest BCUT2D eigenvalue weighted by Crippen LogP contribution is -2.35. The van der Waals surface area contributed by atoms with Crippen molar-refractivity contribution in [1.29, 1.82) is 0 Å². The lowest BCUT2D eigenvalue weighted by atomic mass is 10.3. The van der Waals surface area contributed by atoms with Crippen molar-refractivity contribution in [3.63, 3.8) is 0 Å². The van der Waals surface area contributed by atoms with Crippen molar-refractivity contribution in [1.82, 2.24) is 9.80 Å².